The van der Waals surface area contributed by atoms with Crippen molar-refractivity contribution < 1.29 is 0 Å². The van der Waals surface area contributed by atoms with E-state index in [0.29, 0.717) is 11.5 Å². The number of nitrogens with zero attached hydrogens (tertiary/aromatic N) is 4. The number of nitrogen functional groups attached to an aromatic ring is 1. The van der Waals surface area contributed by atoms with Crippen molar-refractivity contribution in [2.24, 2.45) is 0 Å². The molecule has 0 aliphatic carbocycles. The van der Waals surface area contributed by atoms with E-state index in [4.69, 9.17) is 5.73 Å². The largest absolute Gasteiger partial charge is 0.399 e. The van der Waals surface area contributed by atoms with Crippen LogP contribution in [0.1, 0.15) is 5.56 Å². The molecule has 0 atom stereocenters. The van der Waals surface area contributed by atoms with Gasteiger partial charge in [0.05, 0.1) is 5.69 Å². The fourth-order valence-electron chi connectivity index (χ4n) is 2.02. The van der Waals surface area contributed by atoms with Crippen LogP contribution in [0.25, 0.3) is 17.1 Å². The van der Waals surface area contributed by atoms with Gasteiger partial charge in [0.2, 0.25) is 0 Å². The van der Waals surface area contributed by atoms with E-state index in [0.717, 1.165) is 25.8 Å². The van der Waals surface area contributed by atoms with Gasteiger partial charge in [-0.15, -0.1) is 5.10 Å². The van der Waals surface area contributed by atoms with E-state index in [1.807, 2.05) is 43.3 Å². The molecule has 3 rings (SSSR count). The number of rotatable bonds is 2. The summed E-state index contributed by atoms with van der Waals surface area (Å²) in [6.07, 6.45) is 0. The van der Waals surface area contributed by atoms with Crippen molar-refractivity contribution >= 4 is 37.5 Å². The molecule has 0 unspecified atom stereocenters. The minimum atomic E-state index is 0.625. The Balaban J connectivity index is 2.22. The summed E-state index contributed by atoms with van der Waals surface area (Å²) in [5, 5.41) is 12.0. The van der Waals surface area contributed by atoms with Crippen molar-refractivity contribution in [1.29, 1.82) is 0 Å². The summed E-state index contributed by atoms with van der Waals surface area (Å²) in [6.45, 7) is 2.02. The average Bonchev–Trinajstić information content (AvgIpc) is 2.93. The molecule has 5 nitrogen and oxygen atoms in total. The normalized spacial score (nSPS) is 10.8. The lowest BCUT2D eigenvalue weighted by atomic mass is 10.2. The molecule has 0 radical (unpaired) electrons. The highest BCUT2D eigenvalue weighted by atomic mass is 79.9. The zero-order valence-corrected chi connectivity index (χ0v) is 14.3. The summed E-state index contributed by atoms with van der Waals surface area (Å²) in [6, 6.07) is 11.6. The van der Waals surface area contributed by atoms with Gasteiger partial charge >= 0.3 is 0 Å². The van der Waals surface area contributed by atoms with Crippen LogP contribution in [0.15, 0.2) is 45.3 Å². The Bertz CT molecular complexity index is 747. The van der Waals surface area contributed by atoms with Crippen LogP contribution in [0.4, 0.5) is 5.69 Å². The molecular weight excluding hydrogens is 398 g/mol. The fourth-order valence-corrected chi connectivity index (χ4v) is 2.86. The third kappa shape index (κ3) is 2.71. The van der Waals surface area contributed by atoms with Crippen LogP contribution in [0.3, 0.4) is 0 Å². The number of aryl methyl sites for hydroxylation is 1. The Kier molecular flexibility index (Phi) is 3.77. The van der Waals surface area contributed by atoms with Crippen LogP contribution in [0.2, 0.25) is 0 Å². The third-order valence-electron chi connectivity index (χ3n) is 3.03. The van der Waals surface area contributed by atoms with E-state index in [-0.39, 0.29) is 0 Å². The van der Waals surface area contributed by atoms with Gasteiger partial charge in [0.1, 0.15) is 0 Å². The summed E-state index contributed by atoms with van der Waals surface area (Å²) in [7, 11) is 0. The zero-order valence-electron chi connectivity index (χ0n) is 11.1. The van der Waals surface area contributed by atoms with Gasteiger partial charge in [-0.25, -0.2) is 0 Å². The predicted molar refractivity (Wildman–Crippen MR) is 89.1 cm³/mol. The van der Waals surface area contributed by atoms with E-state index < -0.39 is 0 Å². The smallest absolute Gasteiger partial charge is 0.188 e. The molecule has 7 heteroatoms. The number of hydrogen-bond acceptors (Lipinski definition) is 4. The lowest BCUT2D eigenvalue weighted by Gasteiger charge is -2.09. The number of halogens is 2. The Labute approximate surface area is 138 Å². The number of aromatic nitrogens is 4. The van der Waals surface area contributed by atoms with Gasteiger partial charge in [0.25, 0.3) is 0 Å². The summed E-state index contributed by atoms with van der Waals surface area (Å²) in [4.78, 5) is 0. The number of nitrogens with two attached hydrogens (primary N) is 1. The molecule has 2 N–H and O–H groups in total. The standard InChI is InChI=1S/C14H11Br2N5/c1-8-2-4-12(16)13(6-8)21-14(18-19-20-21)10-7-9(17)3-5-11(10)15/h2-7H,17H2,1H3. The summed E-state index contributed by atoms with van der Waals surface area (Å²) >= 11 is 7.05. The van der Waals surface area contributed by atoms with Crippen LogP contribution in [-0.4, -0.2) is 20.2 Å². The average molecular weight is 409 g/mol. The van der Waals surface area contributed by atoms with Crippen molar-refractivity contribution in [3.8, 4) is 17.1 Å². The second-order valence-electron chi connectivity index (χ2n) is 4.61. The number of hydrogen-bond donors (Lipinski definition) is 1. The highest BCUT2D eigenvalue weighted by Crippen LogP contribution is 2.31. The molecule has 0 aliphatic heterocycles. The maximum Gasteiger partial charge on any atom is 0.188 e. The molecule has 0 amide bonds. The highest BCUT2D eigenvalue weighted by Gasteiger charge is 2.16. The van der Waals surface area contributed by atoms with Gasteiger partial charge in [-0.1, -0.05) is 22.0 Å². The van der Waals surface area contributed by atoms with Gasteiger partial charge in [-0.3, -0.25) is 0 Å². The molecule has 3 aromatic rings. The van der Waals surface area contributed by atoms with Gasteiger partial charge in [-0.2, -0.15) is 4.68 Å². The fraction of sp³-hybridized carbons (Fsp3) is 0.0714. The zero-order chi connectivity index (χ0) is 15.0. The van der Waals surface area contributed by atoms with Crippen LogP contribution in [-0.2, 0) is 0 Å². The van der Waals surface area contributed by atoms with Crippen LogP contribution < -0.4 is 5.73 Å². The van der Waals surface area contributed by atoms with E-state index in [2.05, 4.69) is 47.4 Å². The maximum absolute atomic E-state index is 5.87. The lowest BCUT2D eigenvalue weighted by Crippen LogP contribution is -2.02. The molecule has 0 fully saturated rings. The van der Waals surface area contributed by atoms with Gasteiger partial charge in [-0.05, 0) is 69.2 Å². The molecular formula is C14H11Br2N5. The van der Waals surface area contributed by atoms with Crippen molar-refractivity contribution in [3.63, 3.8) is 0 Å². The van der Waals surface area contributed by atoms with Crippen molar-refractivity contribution in [1.82, 2.24) is 20.2 Å². The first-order valence-corrected chi connectivity index (χ1v) is 7.75. The molecule has 0 saturated carbocycles. The van der Waals surface area contributed by atoms with Crippen molar-refractivity contribution in [3.05, 3.63) is 50.9 Å². The number of anilines is 1. The second-order valence-corrected chi connectivity index (χ2v) is 6.32. The maximum atomic E-state index is 5.87. The van der Waals surface area contributed by atoms with E-state index in [9.17, 15) is 0 Å². The van der Waals surface area contributed by atoms with Crippen LogP contribution in [0, 0.1) is 6.92 Å². The molecule has 0 saturated heterocycles. The highest BCUT2D eigenvalue weighted by molar-refractivity contribution is 9.11. The molecule has 0 aliphatic rings. The van der Waals surface area contributed by atoms with Crippen LogP contribution in [0.5, 0.6) is 0 Å². The molecule has 1 aromatic heterocycles. The number of tetrazole rings is 1. The molecule has 21 heavy (non-hydrogen) atoms. The molecule has 2 aromatic carbocycles. The first-order chi connectivity index (χ1) is 10.1. The quantitative estimate of drug-likeness (QED) is 0.655. The monoisotopic (exact) mass is 407 g/mol. The second kappa shape index (κ2) is 5.57. The molecule has 0 spiro atoms. The molecule has 106 valence electrons. The summed E-state index contributed by atoms with van der Waals surface area (Å²) < 4.78 is 3.49. The van der Waals surface area contributed by atoms with Gasteiger partial charge in [0, 0.05) is 20.2 Å². The lowest BCUT2D eigenvalue weighted by molar-refractivity contribution is 0.788. The third-order valence-corrected chi connectivity index (χ3v) is 4.39. The molecule has 0 bridgehead atoms. The minimum absolute atomic E-state index is 0.625. The van der Waals surface area contributed by atoms with E-state index >= 15 is 0 Å². The van der Waals surface area contributed by atoms with Gasteiger partial charge < -0.3 is 5.73 Å². The summed E-state index contributed by atoms with van der Waals surface area (Å²) in [5.74, 6) is 0.625. The van der Waals surface area contributed by atoms with Crippen LogP contribution >= 0.6 is 31.9 Å². The Morgan fingerprint density at radius 2 is 1.81 bits per heavy atom. The Morgan fingerprint density at radius 1 is 1.05 bits per heavy atom. The predicted octanol–water partition coefficient (Wildman–Crippen LogP) is 3.74. The van der Waals surface area contributed by atoms with Crippen molar-refractivity contribution in [2.45, 2.75) is 6.92 Å². The van der Waals surface area contributed by atoms with E-state index in [1.165, 1.54) is 0 Å². The Morgan fingerprint density at radius 3 is 2.62 bits per heavy atom. The van der Waals surface area contributed by atoms with E-state index in [1.54, 1.807) is 4.68 Å². The SMILES string of the molecule is Cc1ccc(Br)c(-n2nnnc2-c2cc(N)ccc2Br)c1. The first-order valence-electron chi connectivity index (χ1n) is 6.16. The summed E-state index contributed by atoms with van der Waals surface area (Å²) in [5.41, 5.74) is 9.37. The minimum Gasteiger partial charge on any atom is -0.399 e. The van der Waals surface area contributed by atoms with Gasteiger partial charge in [0.15, 0.2) is 5.82 Å². The first kappa shape index (κ1) is 14.2. The Hall–Kier alpha value is -1.73. The topological polar surface area (TPSA) is 69.6 Å². The number of benzene rings is 2. The van der Waals surface area contributed by atoms with Crippen molar-refractivity contribution in [2.75, 3.05) is 5.73 Å². The molecule has 1 heterocycles.